The molecule has 3 rings (SSSR count). The fraction of sp³-hybridized carbons (Fsp3) is 0.133. The Balaban J connectivity index is 1.87. The van der Waals surface area contributed by atoms with Gasteiger partial charge in [0.1, 0.15) is 11.8 Å². The maximum absolute atomic E-state index is 10.3. The van der Waals surface area contributed by atoms with Gasteiger partial charge in [-0.15, -0.1) is 0 Å². The van der Waals surface area contributed by atoms with Gasteiger partial charge < -0.3 is 9.94 Å². The summed E-state index contributed by atoms with van der Waals surface area (Å²) >= 11 is 0. The lowest BCUT2D eigenvalue weighted by Gasteiger charge is -2.13. The van der Waals surface area contributed by atoms with Crippen LogP contribution in [0.25, 0.3) is 0 Å². The van der Waals surface area contributed by atoms with Crippen LogP contribution in [0.1, 0.15) is 17.2 Å². The lowest BCUT2D eigenvalue weighted by molar-refractivity contribution is 0.0206. The van der Waals surface area contributed by atoms with E-state index in [2.05, 4.69) is 5.16 Å². The third-order valence-corrected chi connectivity index (χ3v) is 3.03. The predicted octanol–water partition coefficient (Wildman–Crippen LogP) is 2.52. The molecule has 0 radical (unpaired) electrons. The SMILES string of the molecule is O[C@@H]1C(c2ccccc2)=NO[C@H]1c1ccccc1. The molecule has 0 unspecified atom stereocenters. The first-order valence-electron chi connectivity index (χ1n) is 5.88. The van der Waals surface area contributed by atoms with E-state index in [9.17, 15) is 5.11 Å². The van der Waals surface area contributed by atoms with Crippen molar-refractivity contribution in [2.75, 3.05) is 0 Å². The number of aliphatic hydroxyl groups is 1. The quantitative estimate of drug-likeness (QED) is 0.875. The minimum atomic E-state index is -0.727. The molecule has 1 aliphatic heterocycles. The Bertz CT molecular complexity index is 551. The van der Waals surface area contributed by atoms with Crippen molar-refractivity contribution in [1.82, 2.24) is 0 Å². The van der Waals surface area contributed by atoms with Crippen molar-refractivity contribution in [3.05, 3.63) is 71.8 Å². The molecule has 90 valence electrons. The molecule has 18 heavy (non-hydrogen) atoms. The lowest BCUT2D eigenvalue weighted by Crippen LogP contribution is -2.23. The predicted molar refractivity (Wildman–Crippen MR) is 69.3 cm³/mol. The van der Waals surface area contributed by atoms with E-state index in [1.165, 1.54) is 0 Å². The van der Waals surface area contributed by atoms with Gasteiger partial charge in [0, 0.05) is 5.56 Å². The molecule has 0 bridgehead atoms. The highest BCUT2D eigenvalue weighted by Crippen LogP contribution is 2.29. The average molecular weight is 239 g/mol. The Morgan fingerprint density at radius 2 is 1.50 bits per heavy atom. The first kappa shape index (κ1) is 11.0. The average Bonchev–Trinajstić information content (AvgIpc) is 2.83. The van der Waals surface area contributed by atoms with E-state index >= 15 is 0 Å². The number of aliphatic hydroxyl groups excluding tert-OH is 1. The summed E-state index contributed by atoms with van der Waals surface area (Å²) in [7, 11) is 0. The first-order valence-corrected chi connectivity index (χ1v) is 5.88. The van der Waals surface area contributed by atoms with Crippen molar-refractivity contribution >= 4 is 5.71 Å². The van der Waals surface area contributed by atoms with Gasteiger partial charge in [0.25, 0.3) is 0 Å². The summed E-state index contributed by atoms with van der Waals surface area (Å²) < 4.78 is 0. The Kier molecular flexibility index (Phi) is 2.82. The van der Waals surface area contributed by atoms with Crippen molar-refractivity contribution in [3.8, 4) is 0 Å². The fourth-order valence-electron chi connectivity index (χ4n) is 2.09. The van der Waals surface area contributed by atoms with Gasteiger partial charge in [-0.1, -0.05) is 65.8 Å². The molecule has 2 aromatic rings. The smallest absolute Gasteiger partial charge is 0.184 e. The largest absolute Gasteiger partial charge is 0.384 e. The number of hydrogen-bond donors (Lipinski definition) is 1. The molecule has 0 fully saturated rings. The summed E-state index contributed by atoms with van der Waals surface area (Å²) in [5.41, 5.74) is 2.41. The van der Waals surface area contributed by atoms with Gasteiger partial charge in [-0.05, 0) is 5.56 Å². The number of hydrogen-bond acceptors (Lipinski definition) is 3. The molecule has 0 aromatic heterocycles. The first-order chi connectivity index (χ1) is 8.86. The van der Waals surface area contributed by atoms with Gasteiger partial charge in [0.15, 0.2) is 6.10 Å². The zero-order chi connectivity index (χ0) is 12.4. The highest BCUT2D eigenvalue weighted by molar-refractivity contribution is 6.04. The summed E-state index contributed by atoms with van der Waals surface area (Å²) in [5, 5.41) is 14.3. The van der Waals surface area contributed by atoms with Crippen LogP contribution in [0.5, 0.6) is 0 Å². The number of benzene rings is 2. The molecule has 0 saturated carbocycles. The topological polar surface area (TPSA) is 41.8 Å². The molecule has 3 nitrogen and oxygen atoms in total. The third kappa shape index (κ3) is 1.89. The van der Waals surface area contributed by atoms with Crippen LogP contribution in [0.3, 0.4) is 0 Å². The van der Waals surface area contributed by atoms with Crippen LogP contribution in [0.2, 0.25) is 0 Å². The lowest BCUT2D eigenvalue weighted by atomic mass is 9.97. The highest BCUT2D eigenvalue weighted by Gasteiger charge is 2.34. The molecule has 2 aromatic carbocycles. The standard InChI is InChI=1S/C15H13NO2/c17-14-13(11-7-3-1-4-8-11)16-18-15(14)12-9-5-2-6-10-12/h1-10,14-15,17H/t14-,15+/m1/s1. The van der Waals surface area contributed by atoms with Crippen LogP contribution >= 0.6 is 0 Å². The molecule has 0 aliphatic carbocycles. The summed E-state index contributed by atoms with van der Waals surface area (Å²) in [6.07, 6.45) is -1.14. The van der Waals surface area contributed by atoms with Crippen molar-refractivity contribution in [2.24, 2.45) is 5.16 Å². The number of oxime groups is 1. The van der Waals surface area contributed by atoms with Gasteiger partial charge >= 0.3 is 0 Å². The van der Waals surface area contributed by atoms with Crippen LogP contribution in [0, 0.1) is 0 Å². The summed E-state index contributed by atoms with van der Waals surface area (Å²) in [5.74, 6) is 0. The maximum Gasteiger partial charge on any atom is 0.184 e. The van der Waals surface area contributed by atoms with E-state index < -0.39 is 12.2 Å². The van der Waals surface area contributed by atoms with Crippen molar-refractivity contribution in [1.29, 1.82) is 0 Å². The minimum Gasteiger partial charge on any atom is -0.384 e. The van der Waals surface area contributed by atoms with Crippen LogP contribution in [0.15, 0.2) is 65.8 Å². The van der Waals surface area contributed by atoms with Gasteiger partial charge in [-0.2, -0.15) is 0 Å². The van der Waals surface area contributed by atoms with Gasteiger partial charge in [0.05, 0.1) is 0 Å². The Morgan fingerprint density at radius 3 is 2.17 bits per heavy atom. The van der Waals surface area contributed by atoms with Crippen molar-refractivity contribution in [2.45, 2.75) is 12.2 Å². The van der Waals surface area contributed by atoms with Crippen molar-refractivity contribution < 1.29 is 9.94 Å². The number of rotatable bonds is 2. The molecule has 3 heteroatoms. The summed E-state index contributed by atoms with van der Waals surface area (Å²) in [6, 6.07) is 19.2. The van der Waals surface area contributed by atoms with E-state index in [1.807, 2.05) is 60.7 Å². The van der Waals surface area contributed by atoms with Crippen LogP contribution in [-0.4, -0.2) is 16.9 Å². The summed E-state index contributed by atoms with van der Waals surface area (Å²) in [4.78, 5) is 5.36. The maximum atomic E-state index is 10.3. The molecule has 0 spiro atoms. The molecule has 1 aliphatic rings. The van der Waals surface area contributed by atoms with Gasteiger partial charge in [-0.3, -0.25) is 0 Å². The van der Waals surface area contributed by atoms with E-state index in [-0.39, 0.29) is 0 Å². The molecule has 1 heterocycles. The zero-order valence-electron chi connectivity index (χ0n) is 9.73. The second kappa shape index (κ2) is 4.63. The molecule has 2 atom stereocenters. The highest BCUT2D eigenvalue weighted by atomic mass is 16.7. The summed E-state index contributed by atoms with van der Waals surface area (Å²) in [6.45, 7) is 0. The Morgan fingerprint density at radius 1 is 0.889 bits per heavy atom. The van der Waals surface area contributed by atoms with Crippen molar-refractivity contribution in [3.63, 3.8) is 0 Å². The zero-order valence-corrected chi connectivity index (χ0v) is 9.73. The Hall–Kier alpha value is -2.13. The van der Waals surface area contributed by atoms with Crippen LogP contribution in [-0.2, 0) is 4.84 Å². The Labute approximate surface area is 105 Å². The monoisotopic (exact) mass is 239 g/mol. The van der Waals surface area contributed by atoms with E-state index in [0.717, 1.165) is 11.1 Å². The molecular formula is C15H13NO2. The molecule has 0 saturated heterocycles. The van der Waals surface area contributed by atoms with Gasteiger partial charge in [0.2, 0.25) is 0 Å². The van der Waals surface area contributed by atoms with Crippen LogP contribution < -0.4 is 0 Å². The third-order valence-electron chi connectivity index (χ3n) is 3.03. The van der Waals surface area contributed by atoms with E-state index in [1.54, 1.807) is 0 Å². The second-order valence-corrected chi connectivity index (χ2v) is 4.22. The van der Waals surface area contributed by atoms with Crippen LogP contribution in [0.4, 0.5) is 0 Å². The number of nitrogens with zero attached hydrogens (tertiary/aromatic N) is 1. The fourth-order valence-corrected chi connectivity index (χ4v) is 2.09. The van der Waals surface area contributed by atoms with Gasteiger partial charge in [-0.25, -0.2) is 0 Å². The molecular weight excluding hydrogens is 226 g/mol. The van der Waals surface area contributed by atoms with E-state index in [4.69, 9.17) is 4.84 Å². The minimum absolute atomic E-state index is 0.415. The van der Waals surface area contributed by atoms with E-state index in [0.29, 0.717) is 5.71 Å². The molecule has 0 amide bonds. The second-order valence-electron chi connectivity index (χ2n) is 4.22. The molecule has 1 N–H and O–H groups in total. The normalized spacial score (nSPS) is 22.4.